The molecule has 0 saturated carbocycles. The highest BCUT2D eigenvalue weighted by molar-refractivity contribution is 5.61. The van der Waals surface area contributed by atoms with Gasteiger partial charge in [0.25, 0.3) is 0 Å². The first-order valence-corrected chi connectivity index (χ1v) is 5.85. The maximum atomic E-state index is 12.6. The van der Waals surface area contributed by atoms with E-state index in [1.165, 1.54) is 6.07 Å². The molecule has 1 heterocycles. The van der Waals surface area contributed by atoms with Crippen LogP contribution in [0, 0.1) is 11.3 Å². The number of halogens is 3. The minimum atomic E-state index is -4.43. The molecule has 6 heteroatoms. The highest BCUT2D eigenvalue weighted by Gasteiger charge is 2.32. The van der Waals surface area contributed by atoms with Gasteiger partial charge in [-0.2, -0.15) is 18.4 Å². The Morgan fingerprint density at radius 2 is 2.16 bits per heavy atom. The van der Waals surface area contributed by atoms with Crippen LogP contribution >= 0.6 is 0 Å². The van der Waals surface area contributed by atoms with Crippen LogP contribution in [0.25, 0.3) is 0 Å². The zero-order valence-corrected chi connectivity index (χ0v) is 10.4. The van der Waals surface area contributed by atoms with Crippen molar-refractivity contribution in [1.82, 2.24) is 0 Å². The second-order valence-corrected chi connectivity index (χ2v) is 4.43. The van der Waals surface area contributed by atoms with Gasteiger partial charge in [-0.3, -0.25) is 0 Å². The minimum Gasteiger partial charge on any atom is -0.380 e. The molecule has 19 heavy (non-hydrogen) atoms. The Labute approximate surface area is 109 Å². The zero-order chi connectivity index (χ0) is 14.0. The topological polar surface area (TPSA) is 36.3 Å². The molecule has 1 unspecified atom stereocenters. The molecule has 0 amide bonds. The number of anilines is 1. The van der Waals surface area contributed by atoms with Crippen molar-refractivity contribution >= 4 is 5.69 Å². The molecule has 1 aliphatic heterocycles. The predicted molar refractivity (Wildman–Crippen MR) is 63.8 cm³/mol. The third-order valence-electron chi connectivity index (χ3n) is 3.26. The molecular weight excluding hydrogens is 257 g/mol. The number of hydrogen-bond acceptors (Lipinski definition) is 3. The summed E-state index contributed by atoms with van der Waals surface area (Å²) in [6.07, 6.45) is -3.55. The van der Waals surface area contributed by atoms with E-state index in [0.717, 1.165) is 18.6 Å². The molecule has 1 aromatic rings. The molecule has 2 rings (SSSR count). The lowest BCUT2D eigenvalue weighted by molar-refractivity contribution is -0.137. The SMILES string of the molecule is COC1CCN(c2ccc(C(F)(F)F)cc2C#N)C1. The van der Waals surface area contributed by atoms with Gasteiger partial charge < -0.3 is 9.64 Å². The van der Waals surface area contributed by atoms with Crippen molar-refractivity contribution in [2.75, 3.05) is 25.1 Å². The average Bonchev–Trinajstić information content (AvgIpc) is 2.85. The van der Waals surface area contributed by atoms with Gasteiger partial charge in [-0.05, 0) is 24.6 Å². The molecule has 0 bridgehead atoms. The summed E-state index contributed by atoms with van der Waals surface area (Å²) in [5.74, 6) is 0. The lowest BCUT2D eigenvalue weighted by Gasteiger charge is -2.20. The van der Waals surface area contributed by atoms with E-state index in [1.807, 2.05) is 11.0 Å². The number of nitrogens with zero attached hydrogens (tertiary/aromatic N) is 2. The molecule has 0 spiro atoms. The van der Waals surface area contributed by atoms with E-state index in [9.17, 15) is 13.2 Å². The first-order chi connectivity index (χ1) is 8.95. The largest absolute Gasteiger partial charge is 0.416 e. The number of methoxy groups -OCH3 is 1. The number of alkyl halides is 3. The quantitative estimate of drug-likeness (QED) is 0.829. The number of benzene rings is 1. The Bertz CT molecular complexity index is 508. The van der Waals surface area contributed by atoms with E-state index in [2.05, 4.69) is 0 Å². The number of ether oxygens (including phenoxy) is 1. The van der Waals surface area contributed by atoms with Gasteiger partial charge in [-0.25, -0.2) is 0 Å². The zero-order valence-electron chi connectivity index (χ0n) is 10.4. The van der Waals surface area contributed by atoms with Crippen molar-refractivity contribution < 1.29 is 17.9 Å². The number of nitriles is 1. The van der Waals surface area contributed by atoms with Gasteiger partial charge >= 0.3 is 6.18 Å². The molecule has 1 atom stereocenters. The molecule has 1 aromatic carbocycles. The fraction of sp³-hybridized carbons (Fsp3) is 0.462. The highest BCUT2D eigenvalue weighted by Crippen LogP contribution is 2.33. The summed E-state index contributed by atoms with van der Waals surface area (Å²) in [6.45, 7) is 1.27. The normalized spacial score (nSPS) is 19.5. The van der Waals surface area contributed by atoms with Crippen molar-refractivity contribution in [1.29, 1.82) is 5.26 Å². The maximum absolute atomic E-state index is 12.6. The molecule has 3 nitrogen and oxygen atoms in total. The fourth-order valence-electron chi connectivity index (χ4n) is 2.22. The molecule has 0 radical (unpaired) electrons. The van der Waals surface area contributed by atoms with E-state index in [4.69, 9.17) is 10.00 Å². The van der Waals surface area contributed by atoms with Crippen LogP contribution in [0.1, 0.15) is 17.5 Å². The highest BCUT2D eigenvalue weighted by atomic mass is 19.4. The molecule has 1 saturated heterocycles. The third-order valence-corrected chi connectivity index (χ3v) is 3.26. The first kappa shape index (κ1) is 13.7. The van der Waals surface area contributed by atoms with Crippen molar-refractivity contribution in [2.24, 2.45) is 0 Å². The number of rotatable bonds is 2. The molecule has 1 fully saturated rings. The van der Waals surface area contributed by atoms with Crippen LogP contribution in [0.2, 0.25) is 0 Å². The van der Waals surface area contributed by atoms with Gasteiger partial charge in [0.2, 0.25) is 0 Å². The lowest BCUT2D eigenvalue weighted by atomic mass is 10.1. The Morgan fingerprint density at radius 1 is 1.42 bits per heavy atom. The van der Waals surface area contributed by atoms with E-state index in [0.29, 0.717) is 18.8 Å². The van der Waals surface area contributed by atoms with Gasteiger partial charge in [0.1, 0.15) is 6.07 Å². The molecule has 1 aliphatic rings. The van der Waals surface area contributed by atoms with E-state index >= 15 is 0 Å². The standard InChI is InChI=1S/C13H13F3N2O/c1-19-11-4-5-18(8-11)12-3-2-10(13(14,15)16)6-9(12)7-17/h2-3,6,11H,4-5,8H2,1H3. The molecule has 0 N–H and O–H groups in total. The van der Waals surface area contributed by atoms with Crippen LogP contribution in [-0.4, -0.2) is 26.3 Å². The summed E-state index contributed by atoms with van der Waals surface area (Å²) in [6, 6.07) is 5.10. The molecular formula is C13H13F3N2O. The fourth-order valence-corrected chi connectivity index (χ4v) is 2.22. The summed E-state index contributed by atoms with van der Waals surface area (Å²) in [5.41, 5.74) is -0.211. The van der Waals surface area contributed by atoms with Crippen LogP contribution in [0.3, 0.4) is 0 Å². The van der Waals surface area contributed by atoms with Crippen LogP contribution in [0.15, 0.2) is 18.2 Å². The van der Waals surface area contributed by atoms with Gasteiger partial charge in [0.05, 0.1) is 22.9 Å². The van der Waals surface area contributed by atoms with Gasteiger partial charge in [0, 0.05) is 20.2 Å². The van der Waals surface area contributed by atoms with E-state index in [1.54, 1.807) is 7.11 Å². The van der Waals surface area contributed by atoms with E-state index in [-0.39, 0.29) is 11.7 Å². The smallest absolute Gasteiger partial charge is 0.380 e. The first-order valence-electron chi connectivity index (χ1n) is 5.85. The molecule has 0 aromatic heterocycles. The van der Waals surface area contributed by atoms with Gasteiger partial charge in [0.15, 0.2) is 0 Å². The van der Waals surface area contributed by atoms with Crippen molar-refractivity contribution in [3.05, 3.63) is 29.3 Å². The van der Waals surface area contributed by atoms with Crippen LogP contribution in [0.5, 0.6) is 0 Å². The average molecular weight is 270 g/mol. The van der Waals surface area contributed by atoms with Gasteiger partial charge in [-0.15, -0.1) is 0 Å². The summed E-state index contributed by atoms with van der Waals surface area (Å²) >= 11 is 0. The predicted octanol–water partition coefficient (Wildman–Crippen LogP) is 2.80. The minimum absolute atomic E-state index is 0.0478. The summed E-state index contributed by atoms with van der Waals surface area (Å²) in [7, 11) is 1.60. The number of hydrogen-bond donors (Lipinski definition) is 0. The third kappa shape index (κ3) is 2.82. The van der Waals surface area contributed by atoms with E-state index < -0.39 is 11.7 Å². The Hall–Kier alpha value is -1.74. The molecule has 102 valence electrons. The summed E-state index contributed by atoms with van der Waals surface area (Å²) in [4.78, 5) is 1.88. The second-order valence-electron chi connectivity index (χ2n) is 4.43. The second kappa shape index (κ2) is 5.10. The summed E-state index contributed by atoms with van der Waals surface area (Å²) < 4.78 is 43.0. The Kier molecular flexibility index (Phi) is 3.67. The summed E-state index contributed by atoms with van der Waals surface area (Å²) in [5, 5.41) is 9.02. The van der Waals surface area contributed by atoms with Crippen LogP contribution < -0.4 is 4.90 Å². The van der Waals surface area contributed by atoms with Crippen LogP contribution in [-0.2, 0) is 10.9 Å². The van der Waals surface area contributed by atoms with Crippen molar-refractivity contribution in [3.8, 4) is 6.07 Å². The maximum Gasteiger partial charge on any atom is 0.416 e. The van der Waals surface area contributed by atoms with Crippen molar-refractivity contribution in [3.63, 3.8) is 0 Å². The van der Waals surface area contributed by atoms with Crippen LogP contribution in [0.4, 0.5) is 18.9 Å². The monoisotopic (exact) mass is 270 g/mol. The Balaban J connectivity index is 2.30. The van der Waals surface area contributed by atoms with Gasteiger partial charge in [-0.1, -0.05) is 0 Å². The van der Waals surface area contributed by atoms with Crippen molar-refractivity contribution in [2.45, 2.75) is 18.7 Å². The lowest BCUT2D eigenvalue weighted by Crippen LogP contribution is -2.23. The molecule has 0 aliphatic carbocycles. The Morgan fingerprint density at radius 3 is 2.68 bits per heavy atom.